The maximum Gasteiger partial charge on any atom is 0.294 e. The Balaban J connectivity index is 1.92. The first kappa shape index (κ1) is 20.7. The number of anilines is 1. The third kappa shape index (κ3) is 4.86. The van der Waals surface area contributed by atoms with Gasteiger partial charge in [-0.3, -0.25) is 9.36 Å². The highest BCUT2D eigenvalue weighted by Gasteiger charge is 2.18. The van der Waals surface area contributed by atoms with Crippen molar-refractivity contribution in [1.29, 1.82) is 0 Å². The van der Waals surface area contributed by atoms with E-state index in [2.05, 4.69) is 15.3 Å². The molecule has 2 heterocycles. The lowest BCUT2D eigenvalue weighted by molar-refractivity contribution is 0.0672. The average Bonchev–Trinajstić information content (AvgIpc) is 2.60. The first-order valence-corrected chi connectivity index (χ1v) is 9.02. The predicted molar refractivity (Wildman–Crippen MR) is 105 cm³/mol. The molecule has 0 bridgehead atoms. The lowest BCUT2D eigenvalue weighted by atomic mass is 10.0. The van der Waals surface area contributed by atoms with Crippen molar-refractivity contribution in [3.63, 3.8) is 0 Å². The molecule has 0 fully saturated rings. The Morgan fingerprint density at radius 1 is 1.28 bits per heavy atom. The Kier molecular flexibility index (Phi) is 5.52. The largest absolute Gasteiger partial charge is 0.448 e. The number of hydrogen-bond donors (Lipinski definition) is 2. The van der Waals surface area contributed by atoms with Gasteiger partial charge in [-0.15, -0.1) is 0 Å². The summed E-state index contributed by atoms with van der Waals surface area (Å²) in [6.07, 6.45) is 1.98. The van der Waals surface area contributed by atoms with Crippen molar-refractivity contribution in [2.24, 2.45) is 7.05 Å². The fourth-order valence-corrected chi connectivity index (χ4v) is 3.06. The van der Waals surface area contributed by atoms with Crippen LogP contribution in [0.5, 0.6) is 11.5 Å². The second-order valence-corrected chi connectivity index (χ2v) is 7.58. The van der Waals surface area contributed by atoms with Crippen molar-refractivity contribution >= 4 is 17.0 Å². The van der Waals surface area contributed by atoms with E-state index in [-0.39, 0.29) is 17.5 Å². The molecule has 0 aliphatic rings. The Morgan fingerprint density at radius 2 is 2.00 bits per heavy atom. The van der Waals surface area contributed by atoms with Gasteiger partial charge in [0, 0.05) is 30.7 Å². The predicted octanol–water partition coefficient (Wildman–Crippen LogP) is 3.36. The molecular formula is C20H22F2N4O3. The second-order valence-electron chi connectivity index (χ2n) is 7.58. The molecule has 7 nitrogen and oxygen atoms in total. The maximum absolute atomic E-state index is 13.8. The van der Waals surface area contributed by atoms with Gasteiger partial charge in [-0.05, 0) is 45.4 Å². The van der Waals surface area contributed by atoms with Gasteiger partial charge in [0.05, 0.1) is 5.60 Å². The lowest BCUT2D eigenvalue weighted by Crippen LogP contribution is -2.29. The van der Waals surface area contributed by atoms with Gasteiger partial charge in [0.15, 0.2) is 17.3 Å². The first-order valence-electron chi connectivity index (χ1n) is 9.02. The zero-order valence-corrected chi connectivity index (χ0v) is 16.5. The molecule has 0 radical (unpaired) electrons. The van der Waals surface area contributed by atoms with Crippen LogP contribution in [0.15, 0.2) is 35.3 Å². The number of rotatable bonds is 6. The molecule has 154 valence electrons. The fraction of sp³-hybridized carbons (Fsp3) is 0.350. The number of nitrogens with zero attached hydrogens (tertiary/aromatic N) is 3. The van der Waals surface area contributed by atoms with E-state index in [9.17, 15) is 18.7 Å². The van der Waals surface area contributed by atoms with Crippen LogP contribution in [0.25, 0.3) is 11.0 Å². The zero-order valence-electron chi connectivity index (χ0n) is 16.5. The Labute approximate surface area is 166 Å². The second kappa shape index (κ2) is 7.75. The molecule has 2 aromatic heterocycles. The maximum atomic E-state index is 13.8. The minimum Gasteiger partial charge on any atom is -0.448 e. The summed E-state index contributed by atoms with van der Waals surface area (Å²) < 4.78 is 33.5. The third-order valence-electron chi connectivity index (χ3n) is 4.21. The summed E-state index contributed by atoms with van der Waals surface area (Å²) in [6.45, 7) is 5.31. The Morgan fingerprint density at radius 3 is 2.66 bits per heavy atom. The van der Waals surface area contributed by atoms with Crippen molar-refractivity contribution < 1.29 is 18.6 Å². The van der Waals surface area contributed by atoms with Gasteiger partial charge in [-0.25, -0.2) is 13.8 Å². The number of hydrogen-bond acceptors (Lipinski definition) is 6. The van der Waals surface area contributed by atoms with E-state index in [4.69, 9.17) is 4.74 Å². The van der Waals surface area contributed by atoms with Crippen LogP contribution in [0.3, 0.4) is 0 Å². The SMILES string of the molecule is C[C@H](CC(C)(C)O)Nc1ncc2cc(Oc3ccc(F)cc3F)c(=O)n(C)c2n1. The summed E-state index contributed by atoms with van der Waals surface area (Å²) in [7, 11) is 1.51. The van der Waals surface area contributed by atoms with Crippen LogP contribution in [0.1, 0.15) is 27.2 Å². The lowest BCUT2D eigenvalue weighted by Gasteiger charge is -2.23. The Bertz CT molecular complexity index is 1110. The summed E-state index contributed by atoms with van der Waals surface area (Å²) in [5.74, 6) is -1.74. The molecule has 1 aromatic carbocycles. The van der Waals surface area contributed by atoms with Gasteiger partial charge in [0.25, 0.3) is 5.56 Å². The molecule has 0 aliphatic carbocycles. The van der Waals surface area contributed by atoms with Crippen molar-refractivity contribution in [3.8, 4) is 11.5 Å². The number of pyridine rings is 1. The molecule has 29 heavy (non-hydrogen) atoms. The quantitative estimate of drug-likeness (QED) is 0.655. The van der Waals surface area contributed by atoms with E-state index in [0.29, 0.717) is 29.5 Å². The van der Waals surface area contributed by atoms with Crippen molar-refractivity contribution in [3.05, 3.63) is 52.5 Å². The summed E-state index contributed by atoms with van der Waals surface area (Å²) in [4.78, 5) is 21.2. The fourth-order valence-electron chi connectivity index (χ4n) is 3.06. The van der Waals surface area contributed by atoms with Crippen molar-refractivity contribution in [1.82, 2.24) is 14.5 Å². The van der Waals surface area contributed by atoms with Crippen LogP contribution in [0.4, 0.5) is 14.7 Å². The molecule has 1 atom stereocenters. The summed E-state index contributed by atoms with van der Waals surface area (Å²) in [5.41, 5.74) is -1.02. The van der Waals surface area contributed by atoms with Crippen molar-refractivity contribution in [2.75, 3.05) is 5.32 Å². The normalized spacial score (nSPS) is 12.8. The molecule has 3 aromatic rings. The van der Waals surface area contributed by atoms with Crippen LogP contribution in [0, 0.1) is 11.6 Å². The molecule has 0 spiro atoms. The van der Waals surface area contributed by atoms with Gasteiger partial charge in [-0.2, -0.15) is 4.98 Å². The van der Waals surface area contributed by atoms with Gasteiger partial charge < -0.3 is 15.2 Å². The number of fused-ring (bicyclic) bond motifs is 1. The van der Waals surface area contributed by atoms with Crippen LogP contribution >= 0.6 is 0 Å². The number of aromatic nitrogens is 3. The summed E-state index contributed by atoms with van der Waals surface area (Å²) >= 11 is 0. The van der Waals surface area contributed by atoms with Gasteiger partial charge in [0.1, 0.15) is 11.5 Å². The number of ether oxygens (including phenoxy) is 1. The van der Waals surface area contributed by atoms with E-state index >= 15 is 0 Å². The van der Waals surface area contributed by atoms with E-state index in [0.717, 1.165) is 12.1 Å². The first-order chi connectivity index (χ1) is 13.5. The third-order valence-corrected chi connectivity index (χ3v) is 4.21. The van der Waals surface area contributed by atoms with E-state index in [1.54, 1.807) is 13.8 Å². The topological polar surface area (TPSA) is 89.3 Å². The van der Waals surface area contributed by atoms with Crippen molar-refractivity contribution in [2.45, 2.75) is 38.8 Å². The smallest absolute Gasteiger partial charge is 0.294 e. The van der Waals surface area contributed by atoms with Crippen LogP contribution in [0.2, 0.25) is 0 Å². The highest BCUT2D eigenvalue weighted by Crippen LogP contribution is 2.25. The highest BCUT2D eigenvalue weighted by molar-refractivity contribution is 5.76. The highest BCUT2D eigenvalue weighted by atomic mass is 19.1. The van der Waals surface area contributed by atoms with E-state index in [1.807, 2.05) is 6.92 Å². The van der Waals surface area contributed by atoms with Gasteiger partial charge >= 0.3 is 0 Å². The standard InChI is InChI=1S/C20H22F2N4O3/c1-11(9-20(2,3)28)24-19-23-10-12-7-16(18(27)26(4)17(12)25-19)29-15-6-5-13(21)8-14(15)22/h5-8,10-11,28H,9H2,1-4H3,(H,23,24,25)/t11-/m1/s1. The molecule has 9 heteroatoms. The van der Waals surface area contributed by atoms with Gasteiger partial charge in [0.2, 0.25) is 5.95 Å². The van der Waals surface area contributed by atoms with Crippen LogP contribution in [-0.2, 0) is 7.05 Å². The number of nitrogens with one attached hydrogen (secondary N) is 1. The molecule has 0 amide bonds. The molecule has 0 saturated carbocycles. The Hall–Kier alpha value is -3.07. The zero-order chi connectivity index (χ0) is 21.3. The minimum absolute atomic E-state index is 0.103. The molecule has 2 N–H and O–H groups in total. The number of aliphatic hydroxyl groups is 1. The average molecular weight is 404 g/mol. The molecule has 0 aliphatic heterocycles. The minimum atomic E-state index is -0.913. The van der Waals surface area contributed by atoms with Gasteiger partial charge in [-0.1, -0.05) is 0 Å². The molecule has 3 rings (SSSR count). The molecular weight excluding hydrogens is 382 g/mol. The summed E-state index contributed by atoms with van der Waals surface area (Å²) in [5, 5.41) is 13.5. The monoisotopic (exact) mass is 404 g/mol. The number of aryl methyl sites for hydroxylation is 1. The summed E-state index contributed by atoms with van der Waals surface area (Å²) in [6, 6.07) is 4.14. The van der Waals surface area contributed by atoms with E-state index < -0.39 is 22.8 Å². The number of benzene rings is 1. The molecule has 0 saturated heterocycles. The molecule has 0 unspecified atom stereocenters. The number of halogens is 2. The van der Waals surface area contributed by atoms with Crippen LogP contribution < -0.4 is 15.6 Å². The van der Waals surface area contributed by atoms with Crippen LogP contribution in [-0.4, -0.2) is 31.3 Å². The van der Waals surface area contributed by atoms with E-state index in [1.165, 1.54) is 23.9 Å².